The first-order chi connectivity index (χ1) is 8.91. The van der Waals surface area contributed by atoms with Crippen molar-refractivity contribution in [3.05, 3.63) is 35.9 Å². The van der Waals surface area contributed by atoms with Crippen molar-refractivity contribution in [2.24, 2.45) is 5.92 Å². The fourth-order valence-electron chi connectivity index (χ4n) is 1.60. The van der Waals surface area contributed by atoms with Gasteiger partial charge in [-0.15, -0.1) is 0 Å². The van der Waals surface area contributed by atoms with Gasteiger partial charge in [0, 0.05) is 6.54 Å². The van der Waals surface area contributed by atoms with Crippen molar-refractivity contribution < 1.29 is 18.3 Å². The van der Waals surface area contributed by atoms with E-state index in [0.717, 1.165) is 5.56 Å². The Labute approximate surface area is 113 Å². The van der Waals surface area contributed by atoms with E-state index in [1.165, 1.54) is 0 Å². The van der Waals surface area contributed by atoms with Gasteiger partial charge in [-0.3, -0.25) is 4.79 Å². The Balaban J connectivity index is 2.34. The van der Waals surface area contributed by atoms with E-state index in [1.807, 2.05) is 6.07 Å². The fraction of sp³-hybridized carbons (Fsp3) is 0.462. The summed E-state index contributed by atoms with van der Waals surface area (Å²) in [7, 11) is -3.35. The zero-order valence-electron chi connectivity index (χ0n) is 10.9. The number of hydrogen-bond donors (Lipinski definition) is 2. The Morgan fingerprint density at radius 2 is 1.95 bits per heavy atom. The molecule has 1 unspecified atom stereocenters. The van der Waals surface area contributed by atoms with Crippen molar-refractivity contribution in [2.45, 2.75) is 25.5 Å². The van der Waals surface area contributed by atoms with Crippen LogP contribution in [0.2, 0.25) is 0 Å². The summed E-state index contributed by atoms with van der Waals surface area (Å²) in [6.07, 6.45) is 0.977. The van der Waals surface area contributed by atoms with Crippen LogP contribution in [0.15, 0.2) is 30.3 Å². The van der Waals surface area contributed by atoms with Crippen LogP contribution < -0.4 is 4.72 Å². The standard InChI is InChI=1S/C13H19NO4S/c1-11(13(15)16)6-5-9-14-19(17,18)10-12-7-3-2-4-8-12/h2-4,7-8,11,14H,5-6,9-10H2,1H3,(H,15,16). The van der Waals surface area contributed by atoms with Crippen molar-refractivity contribution in [3.63, 3.8) is 0 Å². The first-order valence-electron chi connectivity index (χ1n) is 6.15. The quantitative estimate of drug-likeness (QED) is 0.711. The van der Waals surface area contributed by atoms with Gasteiger partial charge in [-0.2, -0.15) is 0 Å². The van der Waals surface area contributed by atoms with E-state index in [9.17, 15) is 13.2 Å². The number of carbonyl (C=O) groups is 1. The molecular formula is C13H19NO4S. The van der Waals surface area contributed by atoms with Crippen molar-refractivity contribution in [3.8, 4) is 0 Å². The Bertz CT molecular complexity index is 499. The van der Waals surface area contributed by atoms with Gasteiger partial charge in [-0.25, -0.2) is 13.1 Å². The Morgan fingerprint density at radius 3 is 2.53 bits per heavy atom. The summed E-state index contributed by atoms with van der Waals surface area (Å²) in [5.41, 5.74) is 0.730. The molecule has 0 saturated heterocycles. The second-order valence-electron chi connectivity index (χ2n) is 4.52. The summed E-state index contributed by atoms with van der Waals surface area (Å²) in [4.78, 5) is 10.6. The first-order valence-corrected chi connectivity index (χ1v) is 7.80. The van der Waals surface area contributed by atoms with Gasteiger partial charge in [0.1, 0.15) is 0 Å². The maximum atomic E-state index is 11.8. The molecule has 0 amide bonds. The number of sulfonamides is 1. The van der Waals surface area contributed by atoms with E-state index in [1.54, 1.807) is 31.2 Å². The number of benzene rings is 1. The summed E-state index contributed by atoms with van der Waals surface area (Å²) in [5, 5.41) is 8.70. The molecule has 0 aliphatic carbocycles. The zero-order chi connectivity index (χ0) is 14.3. The summed E-state index contributed by atoms with van der Waals surface area (Å²) in [5.74, 6) is -1.35. The van der Waals surface area contributed by atoms with Crippen LogP contribution in [-0.4, -0.2) is 26.0 Å². The molecule has 0 aliphatic heterocycles. The van der Waals surface area contributed by atoms with Crippen molar-refractivity contribution in [1.82, 2.24) is 4.72 Å². The number of nitrogens with one attached hydrogen (secondary N) is 1. The van der Waals surface area contributed by atoms with Gasteiger partial charge in [-0.1, -0.05) is 37.3 Å². The minimum atomic E-state index is -3.35. The second-order valence-corrected chi connectivity index (χ2v) is 6.33. The molecule has 0 heterocycles. The molecular weight excluding hydrogens is 266 g/mol. The Kier molecular flexibility index (Phi) is 5.98. The summed E-state index contributed by atoms with van der Waals surface area (Å²) in [6.45, 7) is 1.88. The lowest BCUT2D eigenvalue weighted by Gasteiger charge is -2.08. The minimum Gasteiger partial charge on any atom is -0.481 e. The van der Waals surface area contributed by atoms with E-state index in [2.05, 4.69) is 4.72 Å². The third-order valence-corrected chi connectivity index (χ3v) is 4.11. The van der Waals surface area contributed by atoms with Crippen molar-refractivity contribution >= 4 is 16.0 Å². The zero-order valence-corrected chi connectivity index (χ0v) is 11.7. The summed E-state index contributed by atoms with van der Waals surface area (Å²) in [6, 6.07) is 8.92. The average Bonchev–Trinajstić information content (AvgIpc) is 2.35. The van der Waals surface area contributed by atoms with Crippen molar-refractivity contribution in [1.29, 1.82) is 0 Å². The highest BCUT2D eigenvalue weighted by molar-refractivity contribution is 7.88. The molecule has 19 heavy (non-hydrogen) atoms. The van der Waals surface area contributed by atoms with E-state index in [4.69, 9.17) is 5.11 Å². The van der Waals surface area contributed by atoms with Crippen LogP contribution >= 0.6 is 0 Å². The molecule has 1 aromatic rings. The lowest BCUT2D eigenvalue weighted by Crippen LogP contribution is -2.26. The van der Waals surface area contributed by atoms with E-state index in [-0.39, 0.29) is 12.3 Å². The Hall–Kier alpha value is -1.40. The van der Waals surface area contributed by atoms with Gasteiger partial charge in [-0.05, 0) is 18.4 Å². The molecule has 1 aromatic carbocycles. The lowest BCUT2D eigenvalue weighted by molar-refractivity contribution is -0.141. The summed E-state index contributed by atoms with van der Waals surface area (Å²) >= 11 is 0. The normalized spacial score (nSPS) is 13.1. The highest BCUT2D eigenvalue weighted by Gasteiger charge is 2.13. The van der Waals surface area contributed by atoms with Crippen LogP contribution in [-0.2, 0) is 20.6 Å². The van der Waals surface area contributed by atoms with Crippen LogP contribution in [0.1, 0.15) is 25.3 Å². The molecule has 0 bridgehead atoms. The van der Waals surface area contributed by atoms with Crippen LogP contribution in [0, 0.1) is 5.92 Å². The van der Waals surface area contributed by atoms with E-state index >= 15 is 0 Å². The van der Waals surface area contributed by atoms with Gasteiger partial charge in [0.25, 0.3) is 0 Å². The molecule has 1 atom stereocenters. The van der Waals surface area contributed by atoms with E-state index < -0.39 is 21.9 Å². The number of rotatable bonds is 8. The molecule has 5 nitrogen and oxygen atoms in total. The van der Waals surface area contributed by atoms with Crippen LogP contribution in [0.3, 0.4) is 0 Å². The predicted octanol–water partition coefficient (Wildman–Crippen LogP) is 1.61. The number of aliphatic carboxylic acids is 1. The third kappa shape index (κ3) is 6.35. The highest BCUT2D eigenvalue weighted by Crippen LogP contribution is 2.06. The predicted molar refractivity (Wildman–Crippen MR) is 73.1 cm³/mol. The molecule has 0 spiro atoms. The van der Waals surface area contributed by atoms with Crippen molar-refractivity contribution in [2.75, 3.05) is 6.54 Å². The smallest absolute Gasteiger partial charge is 0.306 e. The molecule has 0 fully saturated rings. The molecule has 2 N–H and O–H groups in total. The fourth-order valence-corrected chi connectivity index (χ4v) is 2.79. The lowest BCUT2D eigenvalue weighted by atomic mass is 10.1. The molecule has 0 aliphatic rings. The highest BCUT2D eigenvalue weighted by atomic mass is 32.2. The van der Waals surface area contributed by atoms with Crippen LogP contribution in [0.5, 0.6) is 0 Å². The summed E-state index contributed by atoms with van der Waals surface area (Å²) < 4.78 is 26.0. The maximum absolute atomic E-state index is 11.8. The van der Waals surface area contributed by atoms with Gasteiger partial charge < -0.3 is 5.11 Å². The van der Waals surface area contributed by atoms with E-state index in [0.29, 0.717) is 12.8 Å². The molecule has 0 radical (unpaired) electrons. The average molecular weight is 285 g/mol. The topological polar surface area (TPSA) is 83.5 Å². The third-order valence-electron chi connectivity index (χ3n) is 2.76. The van der Waals surface area contributed by atoms with Gasteiger partial charge in [0.05, 0.1) is 11.7 Å². The molecule has 0 aromatic heterocycles. The van der Waals surface area contributed by atoms with Crippen LogP contribution in [0.4, 0.5) is 0 Å². The van der Waals surface area contributed by atoms with Crippen LogP contribution in [0.25, 0.3) is 0 Å². The monoisotopic (exact) mass is 285 g/mol. The largest absolute Gasteiger partial charge is 0.481 e. The second kappa shape index (κ2) is 7.25. The first kappa shape index (κ1) is 15.7. The SMILES string of the molecule is CC(CCCNS(=O)(=O)Cc1ccccc1)C(=O)O. The molecule has 6 heteroatoms. The molecule has 1 rings (SSSR count). The number of carboxylic acids is 1. The molecule has 0 saturated carbocycles. The van der Waals surface area contributed by atoms with Gasteiger partial charge >= 0.3 is 5.97 Å². The maximum Gasteiger partial charge on any atom is 0.306 e. The minimum absolute atomic E-state index is 0.0532. The number of carboxylic acid groups (broad SMARTS) is 1. The molecule has 106 valence electrons. The number of hydrogen-bond acceptors (Lipinski definition) is 3. The van der Waals surface area contributed by atoms with Gasteiger partial charge in [0.2, 0.25) is 10.0 Å². The van der Waals surface area contributed by atoms with Gasteiger partial charge in [0.15, 0.2) is 0 Å². The Morgan fingerprint density at radius 1 is 1.32 bits per heavy atom.